The number of anilines is 2. The zero-order valence-electron chi connectivity index (χ0n) is 13.8. The fourth-order valence-corrected chi connectivity index (χ4v) is 3.39. The van der Waals surface area contributed by atoms with E-state index >= 15 is 0 Å². The van der Waals surface area contributed by atoms with Gasteiger partial charge in [0.15, 0.2) is 0 Å². The van der Waals surface area contributed by atoms with Gasteiger partial charge in [-0.05, 0) is 42.5 Å². The van der Waals surface area contributed by atoms with Gasteiger partial charge in [0.1, 0.15) is 11.6 Å². The van der Waals surface area contributed by atoms with Gasteiger partial charge < -0.3 is 5.32 Å². The Kier molecular flexibility index (Phi) is 5.18. The molecule has 0 aliphatic carbocycles. The third-order valence-corrected chi connectivity index (χ3v) is 5.02. The number of para-hydroxylation sites is 1. The van der Waals surface area contributed by atoms with Crippen LogP contribution in [0.4, 0.5) is 20.2 Å². The third kappa shape index (κ3) is 4.29. The zero-order valence-corrected chi connectivity index (χ0v) is 14.6. The van der Waals surface area contributed by atoms with Crippen molar-refractivity contribution in [2.75, 3.05) is 10.0 Å². The van der Waals surface area contributed by atoms with Crippen LogP contribution >= 0.6 is 0 Å². The molecule has 0 bridgehead atoms. The van der Waals surface area contributed by atoms with Crippen LogP contribution in [0.25, 0.3) is 0 Å². The number of nitrogens with one attached hydrogen (secondary N) is 2. The molecule has 27 heavy (non-hydrogen) atoms. The van der Waals surface area contributed by atoms with Crippen molar-refractivity contribution in [3.8, 4) is 0 Å². The van der Waals surface area contributed by atoms with Gasteiger partial charge in [-0.15, -0.1) is 0 Å². The van der Waals surface area contributed by atoms with E-state index in [1.165, 1.54) is 18.2 Å². The Hall–Kier alpha value is -3.26. The van der Waals surface area contributed by atoms with Gasteiger partial charge in [0.25, 0.3) is 15.9 Å². The molecule has 0 aromatic heterocycles. The molecule has 5 nitrogen and oxygen atoms in total. The van der Waals surface area contributed by atoms with Crippen LogP contribution < -0.4 is 10.0 Å². The summed E-state index contributed by atoms with van der Waals surface area (Å²) in [7, 11) is -4.00. The Morgan fingerprint density at radius 1 is 0.815 bits per heavy atom. The van der Waals surface area contributed by atoms with Gasteiger partial charge in [-0.2, -0.15) is 0 Å². The molecule has 8 heteroatoms. The fraction of sp³-hybridized carbons (Fsp3) is 0. The van der Waals surface area contributed by atoms with Crippen LogP contribution in [0.2, 0.25) is 0 Å². The van der Waals surface area contributed by atoms with Crippen LogP contribution in [-0.2, 0) is 10.0 Å². The van der Waals surface area contributed by atoms with Gasteiger partial charge in [-0.1, -0.05) is 30.3 Å². The Morgan fingerprint density at radius 2 is 1.48 bits per heavy atom. The smallest absolute Gasteiger partial charge is 0.261 e. The van der Waals surface area contributed by atoms with Crippen LogP contribution in [0.5, 0.6) is 0 Å². The first-order valence-corrected chi connectivity index (χ1v) is 9.28. The summed E-state index contributed by atoms with van der Waals surface area (Å²) in [4.78, 5) is 11.7. The summed E-state index contributed by atoms with van der Waals surface area (Å²) in [6.45, 7) is 0. The number of hydrogen-bond donors (Lipinski definition) is 2. The molecule has 138 valence electrons. The molecule has 0 spiro atoms. The van der Waals surface area contributed by atoms with Gasteiger partial charge in [0.2, 0.25) is 0 Å². The molecule has 3 aromatic rings. The molecule has 1 amide bonds. The van der Waals surface area contributed by atoms with Gasteiger partial charge in [0, 0.05) is 5.69 Å². The lowest BCUT2D eigenvalue weighted by atomic mass is 10.2. The number of halogens is 2. The Balaban J connectivity index is 1.81. The monoisotopic (exact) mass is 388 g/mol. The number of benzene rings is 3. The maximum atomic E-state index is 14.3. The largest absolute Gasteiger partial charge is 0.319 e. The van der Waals surface area contributed by atoms with Crippen molar-refractivity contribution in [1.82, 2.24) is 0 Å². The lowest BCUT2D eigenvalue weighted by molar-refractivity contribution is 0.102. The van der Waals surface area contributed by atoms with Gasteiger partial charge in [0.05, 0.1) is 16.1 Å². The average molecular weight is 388 g/mol. The summed E-state index contributed by atoms with van der Waals surface area (Å²) in [6, 6.07) is 16.4. The summed E-state index contributed by atoms with van der Waals surface area (Å²) < 4.78 is 54.9. The van der Waals surface area contributed by atoms with Crippen molar-refractivity contribution >= 4 is 27.3 Å². The normalized spacial score (nSPS) is 11.0. The standard InChI is InChI=1S/C19H14F2N2O3S/c20-16-9-5-4-8-15(16)19(24)22-18-11-10-14(12-17(18)21)27(25,26)23-13-6-2-1-3-7-13/h1-12,23H,(H,22,24). The molecule has 0 heterocycles. The first kappa shape index (κ1) is 18.5. The number of carbonyl (C=O) groups excluding carboxylic acids is 1. The van der Waals surface area contributed by atoms with E-state index in [1.54, 1.807) is 30.3 Å². The van der Waals surface area contributed by atoms with Crippen molar-refractivity contribution in [2.24, 2.45) is 0 Å². The summed E-state index contributed by atoms with van der Waals surface area (Å²) >= 11 is 0. The molecule has 2 N–H and O–H groups in total. The predicted molar refractivity (Wildman–Crippen MR) is 98.0 cm³/mol. The van der Waals surface area contributed by atoms with Crippen molar-refractivity contribution < 1.29 is 22.0 Å². The van der Waals surface area contributed by atoms with Crippen LogP contribution in [0.3, 0.4) is 0 Å². The van der Waals surface area contributed by atoms with Crippen LogP contribution in [-0.4, -0.2) is 14.3 Å². The minimum atomic E-state index is -4.00. The SMILES string of the molecule is O=C(Nc1ccc(S(=O)(=O)Nc2ccccc2)cc1F)c1ccccc1F. The molecule has 0 unspecified atom stereocenters. The van der Waals surface area contributed by atoms with Gasteiger partial charge in [-0.3, -0.25) is 9.52 Å². The van der Waals surface area contributed by atoms with Crippen molar-refractivity contribution in [3.05, 3.63) is 90.0 Å². The number of rotatable bonds is 5. The van der Waals surface area contributed by atoms with E-state index in [0.717, 1.165) is 24.3 Å². The highest BCUT2D eigenvalue weighted by molar-refractivity contribution is 7.92. The van der Waals surface area contributed by atoms with Crippen LogP contribution in [0.15, 0.2) is 77.7 Å². The second-order valence-electron chi connectivity index (χ2n) is 5.55. The number of hydrogen-bond acceptors (Lipinski definition) is 3. The number of sulfonamides is 1. The third-order valence-electron chi connectivity index (χ3n) is 3.64. The molecule has 3 aromatic carbocycles. The molecule has 0 saturated heterocycles. The van der Waals surface area contributed by atoms with E-state index in [2.05, 4.69) is 10.0 Å². The lowest BCUT2D eigenvalue weighted by Gasteiger charge is -2.11. The molecule has 0 radical (unpaired) electrons. The molecule has 0 atom stereocenters. The fourth-order valence-electron chi connectivity index (χ4n) is 2.32. The van der Waals surface area contributed by atoms with E-state index in [4.69, 9.17) is 0 Å². The Bertz CT molecular complexity index is 1090. The second kappa shape index (κ2) is 7.55. The molecule has 0 aliphatic heterocycles. The maximum Gasteiger partial charge on any atom is 0.261 e. The molecule has 0 saturated carbocycles. The first-order chi connectivity index (χ1) is 12.9. The highest BCUT2D eigenvalue weighted by Gasteiger charge is 2.18. The first-order valence-electron chi connectivity index (χ1n) is 7.80. The Morgan fingerprint density at radius 3 is 2.15 bits per heavy atom. The number of carbonyl (C=O) groups is 1. The maximum absolute atomic E-state index is 14.3. The quantitative estimate of drug-likeness (QED) is 0.693. The van der Waals surface area contributed by atoms with E-state index in [1.807, 2.05) is 0 Å². The lowest BCUT2D eigenvalue weighted by Crippen LogP contribution is -2.16. The molecular weight excluding hydrogens is 374 g/mol. The van der Waals surface area contributed by atoms with E-state index < -0.39 is 27.6 Å². The number of amides is 1. The molecule has 0 fully saturated rings. The van der Waals surface area contributed by atoms with Crippen LogP contribution in [0, 0.1) is 11.6 Å². The van der Waals surface area contributed by atoms with Crippen LogP contribution in [0.1, 0.15) is 10.4 Å². The molecule has 0 aliphatic rings. The minimum absolute atomic E-state index is 0.251. The van der Waals surface area contributed by atoms with E-state index in [-0.39, 0.29) is 16.1 Å². The predicted octanol–water partition coefficient (Wildman–Crippen LogP) is 4.02. The zero-order chi connectivity index (χ0) is 19.4. The Labute approximate surface area is 154 Å². The van der Waals surface area contributed by atoms with E-state index in [9.17, 15) is 22.0 Å². The highest BCUT2D eigenvalue weighted by atomic mass is 32.2. The van der Waals surface area contributed by atoms with E-state index in [0.29, 0.717) is 5.69 Å². The topological polar surface area (TPSA) is 75.3 Å². The van der Waals surface area contributed by atoms with Gasteiger partial charge >= 0.3 is 0 Å². The van der Waals surface area contributed by atoms with Crippen molar-refractivity contribution in [3.63, 3.8) is 0 Å². The van der Waals surface area contributed by atoms with Crippen molar-refractivity contribution in [1.29, 1.82) is 0 Å². The van der Waals surface area contributed by atoms with Crippen molar-refractivity contribution in [2.45, 2.75) is 4.90 Å². The summed E-state index contributed by atoms with van der Waals surface area (Å²) in [5, 5.41) is 2.23. The average Bonchev–Trinajstić information content (AvgIpc) is 2.64. The highest BCUT2D eigenvalue weighted by Crippen LogP contribution is 2.22. The molecular formula is C19H14F2N2O3S. The molecule has 3 rings (SSSR count). The minimum Gasteiger partial charge on any atom is -0.319 e. The van der Waals surface area contributed by atoms with Gasteiger partial charge in [-0.25, -0.2) is 17.2 Å². The second-order valence-corrected chi connectivity index (χ2v) is 7.23. The summed E-state index contributed by atoms with van der Waals surface area (Å²) in [5.74, 6) is -2.55. The summed E-state index contributed by atoms with van der Waals surface area (Å²) in [5.41, 5.74) is -0.184. The summed E-state index contributed by atoms with van der Waals surface area (Å²) in [6.07, 6.45) is 0.